The molecule has 0 spiro atoms. The molecule has 0 aromatic rings. The van der Waals surface area contributed by atoms with Gasteiger partial charge in [0.2, 0.25) is 0 Å². The molecule has 5 nitrogen and oxygen atoms in total. The zero-order valence-electron chi connectivity index (χ0n) is 13.1. The Hall–Kier alpha value is -1.26. The van der Waals surface area contributed by atoms with Crippen molar-refractivity contribution >= 4 is 11.9 Å². The van der Waals surface area contributed by atoms with Gasteiger partial charge in [-0.25, -0.2) is 4.79 Å². The fourth-order valence-corrected chi connectivity index (χ4v) is 2.31. The topological polar surface area (TPSA) is 45.1 Å². The molecule has 0 unspecified atom stereocenters. The van der Waals surface area contributed by atoms with Crippen molar-refractivity contribution in [3.8, 4) is 0 Å². The van der Waals surface area contributed by atoms with Gasteiger partial charge in [0.05, 0.1) is 6.04 Å². The molecule has 1 fully saturated rings. The van der Waals surface area contributed by atoms with E-state index in [-0.39, 0.29) is 12.1 Å². The summed E-state index contributed by atoms with van der Waals surface area (Å²) in [7, 11) is 3.79. The average Bonchev–Trinajstić information content (AvgIpc) is 2.76. The maximum atomic E-state index is 12.2. The largest absolute Gasteiger partial charge is 0.444 e. The smallest absolute Gasteiger partial charge is 0.410 e. The van der Waals surface area contributed by atoms with Gasteiger partial charge in [-0.05, 0) is 40.5 Å². The second-order valence-corrected chi connectivity index (χ2v) is 5.93. The van der Waals surface area contributed by atoms with E-state index in [1.54, 1.807) is 11.9 Å². The highest BCUT2D eigenvalue weighted by molar-refractivity contribution is 5.90. The predicted octanol–water partition coefficient (Wildman–Crippen LogP) is 2.37. The van der Waals surface area contributed by atoms with Crippen LogP contribution in [0.15, 0.2) is 4.99 Å². The third-order valence-corrected chi connectivity index (χ3v) is 3.27. The molecule has 19 heavy (non-hydrogen) atoms. The Morgan fingerprint density at radius 2 is 2.11 bits per heavy atom. The number of rotatable bonds is 2. The Labute approximate surface area is 116 Å². The van der Waals surface area contributed by atoms with Crippen molar-refractivity contribution < 1.29 is 9.53 Å². The van der Waals surface area contributed by atoms with Gasteiger partial charge in [-0.3, -0.25) is 9.89 Å². The summed E-state index contributed by atoms with van der Waals surface area (Å²) in [5.41, 5.74) is -0.454. The number of likely N-dealkylation sites (tertiary alicyclic amines) is 1. The molecule has 0 saturated carbocycles. The number of carbonyl (C=O) groups is 1. The number of amidine groups is 1. The average molecular weight is 269 g/mol. The van der Waals surface area contributed by atoms with Gasteiger partial charge in [0.15, 0.2) is 0 Å². The minimum atomic E-state index is -0.454. The number of carbonyl (C=O) groups excluding carboxylic acids is 1. The van der Waals surface area contributed by atoms with E-state index in [4.69, 9.17) is 4.74 Å². The minimum Gasteiger partial charge on any atom is -0.444 e. The molecule has 1 atom stereocenters. The van der Waals surface area contributed by atoms with Crippen molar-refractivity contribution in [1.82, 2.24) is 9.80 Å². The van der Waals surface area contributed by atoms with Crippen molar-refractivity contribution in [2.24, 2.45) is 4.99 Å². The van der Waals surface area contributed by atoms with Crippen LogP contribution in [0.3, 0.4) is 0 Å². The molecule has 1 saturated heterocycles. The molecule has 0 aromatic carbocycles. The first-order valence-electron chi connectivity index (χ1n) is 6.97. The predicted molar refractivity (Wildman–Crippen MR) is 77.6 cm³/mol. The van der Waals surface area contributed by atoms with Gasteiger partial charge in [0, 0.05) is 27.2 Å². The normalized spacial score (nSPS) is 20.6. The molecule has 0 radical (unpaired) electrons. The Balaban J connectivity index is 2.81. The molecule has 0 bridgehead atoms. The van der Waals surface area contributed by atoms with Crippen molar-refractivity contribution in [3.63, 3.8) is 0 Å². The molecule has 1 aliphatic rings. The molecule has 1 heterocycles. The zero-order chi connectivity index (χ0) is 14.6. The summed E-state index contributed by atoms with van der Waals surface area (Å²) >= 11 is 0. The van der Waals surface area contributed by atoms with Gasteiger partial charge in [0.1, 0.15) is 11.4 Å². The molecule has 5 heteroatoms. The molecular formula is C14H27N3O2. The molecule has 1 aliphatic heterocycles. The summed E-state index contributed by atoms with van der Waals surface area (Å²) in [4.78, 5) is 20.5. The standard InChI is InChI=1S/C14H27N3O2/c1-7-16(6)12(15-5)11-9-8-10-17(11)13(18)19-14(2,3)4/h11H,7-10H2,1-6H3/t11-/m0/s1. The number of aliphatic imine (C=N–C) groups is 1. The summed E-state index contributed by atoms with van der Waals surface area (Å²) < 4.78 is 5.47. The third kappa shape index (κ3) is 4.11. The van der Waals surface area contributed by atoms with Crippen molar-refractivity contribution in [2.45, 2.75) is 52.2 Å². The molecule has 0 aromatic heterocycles. The van der Waals surface area contributed by atoms with Crippen LogP contribution < -0.4 is 0 Å². The molecule has 0 aliphatic carbocycles. The summed E-state index contributed by atoms with van der Waals surface area (Å²) in [5.74, 6) is 0.964. The monoisotopic (exact) mass is 269 g/mol. The maximum absolute atomic E-state index is 12.2. The highest BCUT2D eigenvalue weighted by Crippen LogP contribution is 2.22. The molecule has 110 valence electrons. The summed E-state index contributed by atoms with van der Waals surface area (Å²) in [6.07, 6.45) is 1.72. The fourth-order valence-electron chi connectivity index (χ4n) is 2.31. The number of amides is 1. The first-order chi connectivity index (χ1) is 8.80. The lowest BCUT2D eigenvalue weighted by atomic mass is 10.2. The second kappa shape index (κ2) is 6.26. The summed E-state index contributed by atoms with van der Waals surface area (Å²) in [6, 6.07) is 0.0461. The molecular weight excluding hydrogens is 242 g/mol. The first-order valence-corrected chi connectivity index (χ1v) is 6.97. The second-order valence-electron chi connectivity index (χ2n) is 5.93. The van der Waals surface area contributed by atoms with Gasteiger partial charge in [-0.1, -0.05) is 0 Å². The van der Waals surface area contributed by atoms with Crippen LogP contribution in [0.1, 0.15) is 40.5 Å². The van der Waals surface area contributed by atoms with Crippen LogP contribution in [0.4, 0.5) is 4.79 Å². The highest BCUT2D eigenvalue weighted by Gasteiger charge is 2.36. The number of hydrogen-bond acceptors (Lipinski definition) is 3. The maximum Gasteiger partial charge on any atom is 0.410 e. The summed E-state index contributed by atoms with van der Waals surface area (Å²) in [6.45, 7) is 9.38. The molecule has 1 rings (SSSR count). The Bertz CT molecular complexity index is 347. The van der Waals surface area contributed by atoms with Crippen LogP contribution in [-0.2, 0) is 4.74 Å². The van der Waals surface area contributed by atoms with E-state index < -0.39 is 5.60 Å². The number of hydrogen-bond donors (Lipinski definition) is 0. The van der Waals surface area contributed by atoms with E-state index in [1.165, 1.54) is 0 Å². The lowest BCUT2D eigenvalue weighted by Gasteiger charge is -2.32. The number of ether oxygens (including phenoxy) is 1. The van der Waals surface area contributed by atoms with Crippen molar-refractivity contribution in [3.05, 3.63) is 0 Å². The Kier molecular flexibility index (Phi) is 5.20. The Morgan fingerprint density at radius 1 is 1.47 bits per heavy atom. The van der Waals surface area contributed by atoms with E-state index in [2.05, 4.69) is 16.8 Å². The van der Waals surface area contributed by atoms with Gasteiger partial charge in [-0.15, -0.1) is 0 Å². The first kappa shape index (κ1) is 15.8. The van der Waals surface area contributed by atoms with Crippen LogP contribution in [-0.4, -0.2) is 60.6 Å². The van der Waals surface area contributed by atoms with Gasteiger partial charge in [-0.2, -0.15) is 0 Å². The minimum absolute atomic E-state index is 0.0461. The van der Waals surface area contributed by atoms with E-state index in [0.717, 1.165) is 31.8 Å². The lowest BCUT2D eigenvalue weighted by Crippen LogP contribution is -2.48. The number of likely N-dealkylation sites (N-methyl/N-ethyl adjacent to an activating group) is 1. The van der Waals surface area contributed by atoms with Crippen LogP contribution in [0.5, 0.6) is 0 Å². The highest BCUT2D eigenvalue weighted by atomic mass is 16.6. The van der Waals surface area contributed by atoms with Gasteiger partial charge < -0.3 is 9.64 Å². The van der Waals surface area contributed by atoms with E-state index in [0.29, 0.717) is 0 Å². The molecule has 0 N–H and O–H groups in total. The zero-order valence-corrected chi connectivity index (χ0v) is 13.1. The third-order valence-electron chi connectivity index (χ3n) is 3.27. The van der Waals surface area contributed by atoms with E-state index >= 15 is 0 Å². The lowest BCUT2D eigenvalue weighted by molar-refractivity contribution is 0.0260. The fraction of sp³-hybridized carbons (Fsp3) is 0.857. The number of nitrogens with zero attached hydrogens (tertiary/aromatic N) is 3. The van der Waals surface area contributed by atoms with E-state index in [1.807, 2.05) is 27.8 Å². The van der Waals surface area contributed by atoms with Crippen molar-refractivity contribution in [1.29, 1.82) is 0 Å². The van der Waals surface area contributed by atoms with Gasteiger partial charge in [0.25, 0.3) is 0 Å². The quantitative estimate of drug-likeness (QED) is 0.571. The van der Waals surface area contributed by atoms with Crippen molar-refractivity contribution in [2.75, 3.05) is 27.2 Å². The van der Waals surface area contributed by atoms with Crippen LogP contribution in [0, 0.1) is 0 Å². The van der Waals surface area contributed by atoms with Crippen LogP contribution in [0.25, 0.3) is 0 Å². The van der Waals surface area contributed by atoms with E-state index in [9.17, 15) is 4.79 Å². The van der Waals surface area contributed by atoms with Crippen LogP contribution in [0.2, 0.25) is 0 Å². The summed E-state index contributed by atoms with van der Waals surface area (Å²) in [5, 5.41) is 0. The van der Waals surface area contributed by atoms with Gasteiger partial charge >= 0.3 is 6.09 Å². The van der Waals surface area contributed by atoms with Crippen LogP contribution >= 0.6 is 0 Å². The SMILES string of the molecule is CCN(C)C(=NC)[C@@H]1CCCN1C(=O)OC(C)(C)C. The molecule has 1 amide bonds. The Morgan fingerprint density at radius 3 is 2.58 bits per heavy atom.